The van der Waals surface area contributed by atoms with Crippen molar-refractivity contribution in [3.8, 4) is 0 Å². The maximum atomic E-state index is 11.3. The number of aliphatic imine (C=N–C) groups is 1. The van der Waals surface area contributed by atoms with Crippen molar-refractivity contribution in [2.75, 3.05) is 6.54 Å². The third-order valence-electron chi connectivity index (χ3n) is 2.15. The Morgan fingerprint density at radius 3 is 2.93 bits per heavy atom. The van der Waals surface area contributed by atoms with E-state index < -0.39 is 9.84 Å². The molecule has 5 heteroatoms. The molecule has 1 heterocycles. The summed E-state index contributed by atoms with van der Waals surface area (Å²) in [5.74, 6) is 0. The molecule has 0 aliphatic carbocycles. The number of nitrogens with zero attached hydrogens (tertiary/aromatic N) is 1. The van der Waals surface area contributed by atoms with Gasteiger partial charge in [0.25, 0.3) is 0 Å². The van der Waals surface area contributed by atoms with Gasteiger partial charge in [-0.2, -0.15) is 0 Å². The molecule has 0 spiro atoms. The van der Waals surface area contributed by atoms with Gasteiger partial charge in [0.2, 0.25) is 0 Å². The molecule has 0 fully saturated rings. The minimum absolute atomic E-state index is 0.335. The van der Waals surface area contributed by atoms with Crippen molar-refractivity contribution in [2.24, 2.45) is 10.7 Å². The fourth-order valence-electron chi connectivity index (χ4n) is 1.24. The Bertz CT molecular complexity index is 394. The highest BCUT2D eigenvalue weighted by atomic mass is 32.2. The summed E-state index contributed by atoms with van der Waals surface area (Å²) < 4.78 is 22.6. The third kappa shape index (κ3) is 3.60. The molecule has 0 radical (unpaired) electrons. The van der Waals surface area contributed by atoms with Crippen LogP contribution >= 0.6 is 0 Å². The first kappa shape index (κ1) is 12.1. The highest BCUT2D eigenvalue weighted by molar-refractivity contribution is 7.95. The predicted molar refractivity (Wildman–Crippen MR) is 62.4 cm³/mol. The summed E-state index contributed by atoms with van der Waals surface area (Å²) in [6.45, 7) is 2.30. The van der Waals surface area contributed by atoms with E-state index in [1.807, 2.05) is 6.08 Å². The summed E-state index contributed by atoms with van der Waals surface area (Å²) in [7, 11) is -3.04. The second-order valence-corrected chi connectivity index (χ2v) is 5.72. The van der Waals surface area contributed by atoms with Crippen molar-refractivity contribution in [3.05, 3.63) is 23.3 Å². The lowest BCUT2D eigenvalue weighted by atomic mass is 10.3. The van der Waals surface area contributed by atoms with E-state index in [-0.39, 0.29) is 5.25 Å². The fourth-order valence-corrected chi connectivity index (χ4v) is 2.41. The van der Waals surface area contributed by atoms with Crippen LogP contribution in [0.25, 0.3) is 0 Å². The molecule has 1 aliphatic heterocycles. The maximum Gasteiger partial charge on any atom is 0.176 e. The molecule has 0 amide bonds. The van der Waals surface area contributed by atoms with E-state index in [2.05, 4.69) is 4.99 Å². The first-order chi connectivity index (χ1) is 7.06. The van der Waals surface area contributed by atoms with Gasteiger partial charge >= 0.3 is 0 Å². The standard InChI is InChI=1S/C10H16N2O2S/c1-9-7-10(8-15(9,13)14)12-6-4-2-3-5-11/h2,4,6,8-9H,3,5,7,11H2,1H3/b4-2+,12-6?. The van der Waals surface area contributed by atoms with Gasteiger partial charge in [-0.15, -0.1) is 0 Å². The Balaban J connectivity index is 2.55. The molecule has 0 aromatic heterocycles. The van der Waals surface area contributed by atoms with Gasteiger partial charge in [-0.1, -0.05) is 6.08 Å². The van der Waals surface area contributed by atoms with Crippen LogP contribution in [-0.2, 0) is 9.84 Å². The summed E-state index contributed by atoms with van der Waals surface area (Å²) in [6, 6.07) is 0. The van der Waals surface area contributed by atoms with E-state index in [0.29, 0.717) is 18.7 Å². The van der Waals surface area contributed by atoms with E-state index >= 15 is 0 Å². The van der Waals surface area contributed by atoms with Gasteiger partial charge in [0.15, 0.2) is 9.84 Å². The van der Waals surface area contributed by atoms with Crippen molar-refractivity contribution in [1.29, 1.82) is 0 Å². The molecule has 1 unspecified atom stereocenters. The van der Waals surface area contributed by atoms with E-state index in [1.54, 1.807) is 19.2 Å². The Morgan fingerprint density at radius 2 is 2.40 bits per heavy atom. The molecule has 0 aromatic rings. The second kappa shape index (κ2) is 5.23. The van der Waals surface area contributed by atoms with Crippen LogP contribution in [0.4, 0.5) is 0 Å². The average Bonchev–Trinajstić information content (AvgIpc) is 2.40. The quantitative estimate of drug-likeness (QED) is 0.730. The second-order valence-electron chi connectivity index (χ2n) is 3.50. The van der Waals surface area contributed by atoms with Gasteiger partial charge in [-0.3, -0.25) is 4.99 Å². The summed E-state index contributed by atoms with van der Waals surface area (Å²) in [5, 5.41) is 0.919. The van der Waals surface area contributed by atoms with E-state index in [1.165, 1.54) is 5.41 Å². The summed E-state index contributed by atoms with van der Waals surface area (Å²) in [5.41, 5.74) is 5.93. The van der Waals surface area contributed by atoms with Gasteiger partial charge in [-0.25, -0.2) is 8.42 Å². The lowest BCUT2D eigenvalue weighted by Gasteiger charge is -1.97. The van der Waals surface area contributed by atoms with Crippen LogP contribution in [0, 0.1) is 0 Å². The molecule has 1 aliphatic rings. The minimum Gasteiger partial charge on any atom is -0.330 e. The largest absolute Gasteiger partial charge is 0.330 e. The number of nitrogens with two attached hydrogens (primary N) is 1. The SMILES string of the molecule is CC1CC(N=C/C=C/CCN)=CS1(=O)=O. The number of rotatable bonds is 4. The Morgan fingerprint density at radius 1 is 1.67 bits per heavy atom. The Hall–Kier alpha value is -0.940. The van der Waals surface area contributed by atoms with Crippen LogP contribution in [-0.4, -0.2) is 26.4 Å². The molecule has 4 nitrogen and oxygen atoms in total. The molecule has 0 saturated heterocycles. The third-order valence-corrected chi connectivity index (χ3v) is 4.04. The zero-order chi connectivity index (χ0) is 11.3. The van der Waals surface area contributed by atoms with Crippen LogP contribution in [0.5, 0.6) is 0 Å². The van der Waals surface area contributed by atoms with Crippen LogP contribution in [0.1, 0.15) is 19.8 Å². The first-order valence-corrected chi connectivity index (χ1v) is 6.51. The van der Waals surface area contributed by atoms with E-state index in [0.717, 1.165) is 6.42 Å². The molecule has 15 heavy (non-hydrogen) atoms. The number of hydrogen-bond acceptors (Lipinski definition) is 4. The number of allylic oxidation sites excluding steroid dienone is 2. The molecule has 0 saturated carbocycles. The van der Waals surface area contributed by atoms with Gasteiger partial charge < -0.3 is 5.73 Å². The minimum atomic E-state index is -3.04. The van der Waals surface area contributed by atoms with Crippen molar-refractivity contribution in [3.63, 3.8) is 0 Å². The lowest BCUT2D eigenvalue weighted by molar-refractivity contribution is 0.596. The molecule has 2 N–H and O–H groups in total. The molecule has 0 aromatic carbocycles. The zero-order valence-electron chi connectivity index (χ0n) is 8.76. The van der Waals surface area contributed by atoms with Crippen molar-refractivity contribution >= 4 is 16.1 Å². The summed E-state index contributed by atoms with van der Waals surface area (Å²) in [6.07, 6.45) is 6.60. The molecular weight excluding hydrogens is 212 g/mol. The van der Waals surface area contributed by atoms with E-state index in [4.69, 9.17) is 5.73 Å². The monoisotopic (exact) mass is 228 g/mol. The normalized spacial score (nSPS) is 25.2. The fraction of sp³-hybridized carbons (Fsp3) is 0.500. The average molecular weight is 228 g/mol. The number of hydrogen-bond donors (Lipinski definition) is 1. The predicted octanol–water partition coefficient (Wildman–Crippen LogP) is 1.01. The van der Waals surface area contributed by atoms with Crippen LogP contribution in [0.3, 0.4) is 0 Å². The van der Waals surface area contributed by atoms with Gasteiger partial charge in [0.05, 0.1) is 16.4 Å². The van der Waals surface area contributed by atoms with Gasteiger partial charge in [-0.05, 0) is 26.0 Å². The molecule has 84 valence electrons. The highest BCUT2D eigenvalue weighted by Crippen LogP contribution is 2.24. The molecule has 1 rings (SSSR count). The van der Waals surface area contributed by atoms with Gasteiger partial charge in [0.1, 0.15) is 0 Å². The summed E-state index contributed by atoms with van der Waals surface area (Å²) in [4.78, 5) is 4.07. The van der Waals surface area contributed by atoms with Crippen molar-refractivity contribution in [1.82, 2.24) is 0 Å². The molecular formula is C10H16N2O2S. The first-order valence-electron chi connectivity index (χ1n) is 4.90. The Kier molecular flexibility index (Phi) is 4.23. The number of sulfone groups is 1. The van der Waals surface area contributed by atoms with Crippen molar-refractivity contribution < 1.29 is 8.42 Å². The Labute approximate surface area is 90.5 Å². The lowest BCUT2D eigenvalue weighted by Crippen LogP contribution is -2.08. The molecule has 1 atom stereocenters. The van der Waals surface area contributed by atoms with Gasteiger partial charge in [0, 0.05) is 12.6 Å². The van der Waals surface area contributed by atoms with Crippen LogP contribution in [0.2, 0.25) is 0 Å². The summed E-state index contributed by atoms with van der Waals surface area (Å²) >= 11 is 0. The van der Waals surface area contributed by atoms with Crippen LogP contribution in [0.15, 0.2) is 28.2 Å². The zero-order valence-corrected chi connectivity index (χ0v) is 9.57. The van der Waals surface area contributed by atoms with Crippen molar-refractivity contribution in [2.45, 2.75) is 25.0 Å². The smallest absolute Gasteiger partial charge is 0.176 e. The topological polar surface area (TPSA) is 72.5 Å². The van der Waals surface area contributed by atoms with E-state index in [9.17, 15) is 8.42 Å². The molecule has 0 bridgehead atoms. The van der Waals surface area contributed by atoms with Crippen LogP contribution < -0.4 is 5.73 Å². The highest BCUT2D eigenvalue weighted by Gasteiger charge is 2.26. The maximum absolute atomic E-state index is 11.3.